The zero-order valence-electron chi connectivity index (χ0n) is 8.84. The molecule has 0 aliphatic rings. The second-order valence-corrected chi connectivity index (χ2v) is 3.66. The molecule has 0 aliphatic carbocycles. The summed E-state index contributed by atoms with van der Waals surface area (Å²) in [6, 6.07) is 5.33. The van der Waals surface area contributed by atoms with Gasteiger partial charge in [-0.2, -0.15) is 0 Å². The highest BCUT2D eigenvalue weighted by atomic mass is 35.5. The quantitative estimate of drug-likeness (QED) is 0.841. The van der Waals surface area contributed by atoms with E-state index < -0.39 is 0 Å². The predicted molar refractivity (Wildman–Crippen MR) is 61.8 cm³/mol. The van der Waals surface area contributed by atoms with Gasteiger partial charge in [0.15, 0.2) is 0 Å². The lowest BCUT2D eigenvalue weighted by molar-refractivity contribution is -0.116. The summed E-state index contributed by atoms with van der Waals surface area (Å²) in [6.45, 7) is 2.16. The van der Waals surface area contributed by atoms with E-state index in [1.54, 1.807) is 32.2 Å². The fourth-order valence-electron chi connectivity index (χ4n) is 1.19. The molecule has 0 spiro atoms. The van der Waals surface area contributed by atoms with Gasteiger partial charge in [-0.15, -0.1) is 0 Å². The zero-order chi connectivity index (χ0) is 11.3. The van der Waals surface area contributed by atoms with Gasteiger partial charge in [-0.1, -0.05) is 11.6 Å². The second kappa shape index (κ2) is 5.61. The van der Waals surface area contributed by atoms with Crippen LogP contribution in [0.1, 0.15) is 13.3 Å². The number of rotatable bonds is 5. The molecule has 0 unspecified atom stereocenters. The van der Waals surface area contributed by atoms with Gasteiger partial charge in [0.25, 0.3) is 0 Å². The van der Waals surface area contributed by atoms with Gasteiger partial charge in [0.1, 0.15) is 11.5 Å². The van der Waals surface area contributed by atoms with E-state index in [0.717, 1.165) is 11.4 Å². The second-order valence-electron chi connectivity index (χ2n) is 3.22. The van der Waals surface area contributed by atoms with E-state index in [1.165, 1.54) is 0 Å². The van der Waals surface area contributed by atoms with E-state index in [9.17, 15) is 4.79 Å². The van der Waals surface area contributed by atoms with Crippen LogP contribution in [0.25, 0.3) is 0 Å². The molecule has 0 radical (unpaired) electrons. The Bertz CT molecular complexity index is 352. The first-order valence-electron chi connectivity index (χ1n) is 4.70. The smallest absolute Gasteiger partial charge is 0.142 e. The predicted octanol–water partition coefficient (Wildman–Crippen LogP) is 2.74. The van der Waals surface area contributed by atoms with Crippen molar-refractivity contribution < 1.29 is 9.53 Å². The summed E-state index contributed by atoms with van der Waals surface area (Å²) in [5.74, 6) is 0.881. The van der Waals surface area contributed by atoms with E-state index in [2.05, 4.69) is 5.32 Å². The first-order valence-corrected chi connectivity index (χ1v) is 5.08. The molecule has 0 bridgehead atoms. The Balaban J connectivity index is 2.65. The number of ketones is 1. The van der Waals surface area contributed by atoms with Gasteiger partial charge in [0.05, 0.1) is 12.8 Å². The minimum absolute atomic E-state index is 0.156. The van der Waals surface area contributed by atoms with Gasteiger partial charge in [-0.25, -0.2) is 0 Å². The standard InChI is InChI=1S/C11H14ClNO2/c1-8(14)5-6-13-10-7-9(12)3-4-11(10)15-2/h3-4,7,13H,5-6H2,1-2H3. The van der Waals surface area contributed by atoms with Crippen LogP contribution < -0.4 is 10.1 Å². The van der Waals surface area contributed by atoms with Gasteiger partial charge in [0, 0.05) is 18.0 Å². The summed E-state index contributed by atoms with van der Waals surface area (Å²) in [6.07, 6.45) is 0.496. The highest BCUT2D eigenvalue weighted by Crippen LogP contribution is 2.27. The zero-order valence-corrected chi connectivity index (χ0v) is 9.60. The Kier molecular flexibility index (Phi) is 4.43. The van der Waals surface area contributed by atoms with Crippen LogP contribution in [0.2, 0.25) is 5.02 Å². The summed E-state index contributed by atoms with van der Waals surface area (Å²) >= 11 is 5.85. The van der Waals surface area contributed by atoms with Crippen molar-refractivity contribution in [2.45, 2.75) is 13.3 Å². The molecule has 0 amide bonds. The van der Waals surface area contributed by atoms with Gasteiger partial charge < -0.3 is 10.1 Å². The molecule has 0 heterocycles. The van der Waals surface area contributed by atoms with Gasteiger partial charge in [-0.05, 0) is 25.1 Å². The molecule has 15 heavy (non-hydrogen) atoms. The molecule has 0 saturated carbocycles. The Hall–Kier alpha value is -1.22. The van der Waals surface area contributed by atoms with Crippen molar-refractivity contribution in [3.63, 3.8) is 0 Å². The van der Waals surface area contributed by atoms with Crippen molar-refractivity contribution in [2.75, 3.05) is 19.0 Å². The van der Waals surface area contributed by atoms with Crippen molar-refractivity contribution in [3.05, 3.63) is 23.2 Å². The highest BCUT2D eigenvalue weighted by Gasteiger charge is 2.03. The first-order chi connectivity index (χ1) is 7.13. The molecule has 1 N–H and O–H groups in total. The maximum absolute atomic E-state index is 10.8. The number of nitrogens with one attached hydrogen (secondary N) is 1. The van der Waals surface area contributed by atoms with Crippen molar-refractivity contribution >= 4 is 23.1 Å². The molecule has 3 nitrogen and oxygen atoms in total. The van der Waals surface area contributed by atoms with Crippen molar-refractivity contribution in [3.8, 4) is 5.75 Å². The Morgan fingerprint density at radius 2 is 2.27 bits per heavy atom. The number of hydrogen-bond acceptors (Lipinski definition) is 3. The lowest BCUT2D eigenvalue weighted by atomic mass is 10.2. The lowest BCUT2D eigenvalue weighted by Crippen LogP contribution is -2.06. The van der Waals surface area contributed by atoms with Crippen LogP contribution >= 0.6 is 11.6 Å². The normalized spacial score (nSPS) is 9.80. The summed E-state index contributed by atoms with van der Waals surface area (Å²) in [4.78, 5) is 10.8. The van der Waals surface area contributed by atoms with Crippen LogP contribution in [0.5, 0.6) is 5.75 Å². The van der Waals surface area contributed by atoms with Gasteiger partial charge >= 0.3 is 0 Å². The van der Waals surface area contributed by atoms with Crippen molar-refractivity contribution in [2.24, 2.45) is 0 Å². The van der Waals surface area contributed by atoms with Gasteiger partial charge in [-0.3, -0.25) is 4.79 Å². The maximum Gasteiger partial charge on any atom is 0.142 e. The van der Waals surface area contributed by atoms with E-state index >= 15 is 0 Å². The van der Waals surface area contributed by atoms with Crippen molar-refractivity contribution in [1.82, 2.24) is 0 Å². The van der Waals surface area contributed by atoms with Crippen LogP contribution in [0.3, 0.4) is 0 Å². The highest BCUT2D eigenvalue weighted by molar-refractivity contribution is 6.30. The number of methoxy groups -OCH3 is 1. The van der Waals surface area contributed by atoms with Crippen LogP contribution in [0.4, 0.5) is 5.69 Å². The number of Topliss-reactive ketones (excluding diaryl/α,β-unsaturated/α-hetero) is 1. The molecule has 1 aromatic carbocycles. The average Bonchev–Trinajstić information content (AvgIpc) is 2.17. The fourth-order valence-corrected chi connectivity index (χ4v) is 1.36. The monoisotopic (exact) mass is 227 g/mol. The van der Waals surface area contributed by atoms with Crippen LogP contribution in [0, 0.1) is 0 Å². The number of halogens is 1. The molecule has 4 heteroatoms. The molecule has 0 atom stereocenters. The molecule has 1 rings (SSSR count). The first kappa shape index (κ1) is 11.9. The van der Waals surface area contributed by atoms with Crippen LogP contribution in [0.15, 0.2) is 18.2 Å². The molecule has 0 aliphatic heterocycles. The molecule has 1 aromatic rings. The molecular weight excluding hydrogens is 214 g/mol. The molecule has 0 fully saturated rings. The Morgan fingerprint density at radius 3 is 2.87 bits per heavy atom. The van der Waals surface area contributed by atoms with Crippen molar-refractivity contribution in [1.29, 1.82) is 0 Å². The molecule has 82 valence electrons. The number of benzene rings is 1. The Morgan fingerprint density at radius 1 is 1.53 bits per heavy atom. The van der Waals surface area contributed by atoms with E-state index in [1.807, 2.05) is 0 Å². The minimum atomic E-state index is 0.156. The van der Waals surface area contributed by atoms with Gasteiger partial charge in [0.2, 0.25) is 0 Å². The summed E-state index contributed by atoms with van der Waals surface area (Å²) in [5, 5.41) is 3.75. The summed E-state index contributed by atoms with van der Waals surface area (Å²) < 4.78 is 5.15. The molecular formula is C11H14ClNO2. The lowest BCUT2D eigenvalue weighted by Gasteiger charge is -2.10. The number of carbonyl (C=O) groups excluding carboxylic acids is 1. The third kappa shape index (κ3) is 3.80. The molecule has 0 aromatic heterocycles. The number of hydrogen-bond donors (Lipinski definition) is 1. The number of anilines is 1. The van der Waals surface area contributed by atoms with E-state index in [-0.39, 0.29) is 5.78 Å². The minimum Gasteiger partial charge on any atom is -0.495 e. The largest absolute Gasteiger partial charge is 0.495 e. The number of ether oxygens (including phenoxy) is 1. The van der Waals surface area contributed by atoms with Crippen LogP contribution in [-0.2, 0) is 4.79 Å². The Labute approximate surface area is 94.4 Å². The molecule has 0 saturated heterocycles. The SMILES string of the molecule is COc1ccc(Cl)cc1NCCC(C)=O. The van der Waals surface area contributed by atoms with E-state index in [4.69, 9.17) is 16.3 Å². The fraction of sp³-hybridized carbons (Fsp3) is 0.364. The maximum atomic E-state index is 10.8. The topological polar surface area (TPSA) is 38.3 Å². The average molecular weight is 228 g/mol. The van der Waals surface area contributed by atoms with E-state index in [0.29, 0.717) is 18.0 Å². The summed E-state index contributed by atoms with van der Waals surface area (Å²) in [7, 11) is 1.60. The summed E-state index contributed by atoms with van der Waals surface area (Å²) in [5.41, 5.74) is 0.811. The third-order valence-corrected chi connectivity index (χ3v) is 2.19. The number of carbonyl (C=O) groups is 1. The van der Waals surface area contributed by atoms with Crippen LogP contribution in [-0.4, -0.2) is 19.4 Å². The third-order valence-electron chi connectivity index (χ3n) is 1.95.